The van der Waals surface area contributed by atoms with E-state index in [4.69, 9.17) is 5.73 Å². The lowest BCUT2D eigenvalue weighted by atomic mass is 9.97. The van der Waals surface area contributed by atoms with Crippen molar-refractivity contribution in [3.05, 3.63) is 59.7 Å². The summed E-state index contributed by atoms with van der Waals surface area (Å²) in [4.78, 5) is 11.7. The fraction of sp³-hybridized carbons (Fsp3) is 0.278. The van der Waals surface area contributed by atoms with Gasteiger partial charge in [-0.2, -0.15) is 0 Å². The Morgan fingerprint density at radius 3 is 2.33 bits per heavy atom. The van der Waals surface area contributed by atoms with Crippen LogP contribution in [-0.2, 0) is 11.2 Å². The van der Waals surface area contributed by atoms with Crippen LogP contribution in [0.5, 0.6) is 0 Å². The summed E-state index contributed by atoms with van der Waals surface area (Å²) in [5.74, 6) is 0.309. The second-order valence-electron chi connectivity index (χ2n) is 5.57. The molecule has 21 heavy (non-hydrogen) atoms. The smallest absolute Gasteiger partial charge is 0.139 e. The summed E-state index contributed by atoms with van der Waals surface area (Å²) in [5.41, 5.74) is 9.23. The van der Waals surface area contributed by atoms with Gasteiger partial charge in [-0.3, -0.25) is 4.79 Å². The normalized spacial score (nSPS) is 12.4. The lowest BCUT2D eigenvalue weighted by molar-refractivity contribution is -0.121. The summed E-state index contributed by atoms with van der Waals surface area (Å²) in [6.07, 6.45) is -0.493. The van der Waals surface area contributed by atoms with Gasteiger partial charge >= 0.3 is 0 Å². The molecule has 2 aromatic carbocycles. The molecule has 110 valence electrons. The molecular formula is C18H21NO2. The van der Waals surface area contributed by atoms with Crippen LogP contribution in [0.4, 0.5) is 0 Å². The molecule has 0 heterocycles. The molecule has 2 aromatic rings. The fourth-order valence-electron chi connectivity index (χ4n) is 2.12. The molecule has 1 unspecified atom stereocenters. The molecule has 0 aliphatic heterocycles. The molecule has 0 aliphatic carbocycles. The van der Waals surface area contributed by atoms with Crippen LogP contribution in [0.3, 0.4) is 0 Å². The Bertz CT molecular complexity index is 615. The molecule has 3 nitrogen and oxygen atoms in total. The third-order valence-electron chi connectivity index (χ3n) is 3.54. The van der Waals surface area contributed by atoms with Crippen LogP contribution in [0.15, 0.2) is 48.5 Å². The number of rotatable bonds is 5. The molecule has 0 radical (unpaired) electrons. The monoisotopic (exact) mass is 283 g/mol. The number of hydrogen-bond acceptors (Lipinski definition) is 3. The maximum atomic E-state index is 11.7. The first-order valence-electron chi connectivity index (χ1n) is 7.13. The van der Waals surface area contributed by atoms with E-state index in [9.17, 15) is 9.90 Å². The van der Waals surface area contributed by atoms with Crippen LogP contribution < -0.4 is 5.73 Å². The Labute approximate surface area is 125 Å². The predicted octanol–water partition coefficient (Wildman–Crippen LogP) is 3.07. The van der Waals surface area contributed by atoms with Crippen LogP contribution in [-0.4, -0.2) is 10.9 Å². The molecule has 1 atom stereocenters. The Morgan fingerprint density at radius 2 is 1.76 bits per heavy atom. The van der Waals surface area contributed by atoms with E-state index in [1.165, 1.54) is 0 Å². The van der Waals surface area contributed by atoms with Crippen molar-refractivity contribution in [3.8, 4) is 11.1 Å². The average molecular weight is 283 g/mol. The highest BCUT2D eigenvalue weighted by Gasteiger charge is 2.08. The highest BCUT2D eigenvalue weighted by molar-refractivity contribution is 5.82. The highest BCUT2D eigenvalue weighted by Crippen LogP contribution is 2.23. The zero-order valence-corrected chi connectivity index (χ0v) is 12.4. The van der Waals surface area contributed by atoms with E-state index < -0.39 is 6.23 Å². The zero-order chi connectivity index (χ0) is 15.4. The van der Waals surface area contributed by atoms with Gasteiger partial charge in [0, 0.05) is 12.3 Å². The first-order chi connectivity index (χ1) is 9.97. The molecule has 0 bridgehead atoms. The first-order valence-corrected chi connectivity index (χ1v) is 7.13. The van der Waals surface area contributed by atoms with Gasteiger partial charge in [-0.15, -0.1) is 0 Å². The fourth-order valence-corrected chi connectivity index (χ4v) is 2.12. The van der Waals surface area contributed by atoms with Crippen LogP contribution in [0.25, 0.3) is 11.1 Å². The van der Waals surface area contributed by atoms with Crippen LogP contribution in [0.1, 0.15) is 31.2 Å². The first kappa shape index (κ1) is 15.4. The van der Waals surface area contributed by atoms with Gasteiger partial charge in [0.25, 0.3) is 0 Å². The minimum absolute atomic E-state index is 0.0624. The van der Waals surface area contributed by atoms with Gasteiger partial charge in [-0.25, -0.2) is 0 Å². The second kappa shape index (κ2) is 6.66. The minimum atomic E-state index is -0.965. The van der Waals surface area contributed by atoms with Crippen LogP contribution in [0, 0.1) is 5.92 Å². The number of carbonyl (C=O) groups excluding carboxylic acids is 1. The standard InChI is InChI=1S/C18H21NO2/c1-12(2)17(20)10-13-6-8-14(9-7-13)15-4-3-5-16(11-15)18(19)21/h3-9,11-12,18,21H,10,19H2,1-2H3. The van der Waals surface area contributed by atoms with E-state index in [0.717, 1.165) is 16.7 Å². The average Bonchev–Trinajstić information content (AvgIpc) is 2.48. The largest absolute Gasteiger partial charge is 0.375 e. The van der Waals surface area contributed by atoms with E-state index in [0.29, 0.717) is 12.0 Å². The number of hydrogen-bond donors (Lipinski definition) is 2. The molecule has 0 spiro atoms. The Balaban J connectivity index is 2.19. The number of Topliss-reactive ketones (excluding diaryl/α,β-unsaturated/α-hetero) is 1. The molecule has 0 fully saturated rings. The summed E-state index contributed by atoms with van der Waals surface area (Å²) >= 11 is 0. The van der Waals surface area contributed by atoms with Gasteiger partial charge in [0.2, 0.25) is 0 Å². The van der Waals surface area contributed by atoms with Crippen molar-refractivity contribution in [3.63, 3.8) is 0 Å². The second-order valence-corrected chi connectivity index (χ2v) is 5.57. The Hall–Kier alpha value is -1.97. The number of nitrogens with two attached hydrogens (primary N) is 1. The van der Waals surface area contributed by atoms with Crippen LogP contribution in [0.2, 0.25) is 0 Å². The third kappa shape index (κ3) is 4.00. The summed E-state index contributed by atoms with van der Waals surface area (Å²) in [5, 5.41) is 9.43. The third-order valence-corrected chi connectivity index (χ3v) is 3.54. The van der Waals surface area contributed by atoms with Crippen molar-refractivity contribution in [1.82, 2.24) is 0 Å². The van der Waals surface area contributed by atoms with Gasteiger partial charge in [-0.05, 0) is 28.3 Å². The number of carbonyl (C=O) groups is 1. The number of aliphatic hydroxyl groups excluding tert-OH is 1. The van der Waals surface area contributed by atoms with Crippen LogP contribution >= 0.6 is 0 Å². The molecule has 0 amide bonds. The quantitative estimate of drug-likeness (QED) is 0.829. The Morgan fingerprint density at radius 1 is 1.10 bits per heavy atom. The van der Waals surface area contributed by atoms with Crippen molar-refractivity contribution in [2.75, 3.05) is 0 Å². The molecule has 3 N–H and O–H groups in total. The van der Waals surface area contributed by atoms with Crippen molar-refractivity contribution >= 4 is 5.78 Å². The SMILES string of the molecule is CC(C)C(=O)Cc1ccc(-c2cccc(C(N)O)c2)cc1. The van der Waals surface area contributed by atoms with E-state index >= 15 is 0 Å². The van der Waals surface area contributed by atoms with E-state index in [-0.39, 0.29) is 11.7 Å². The lowest BCUT2D eigenvalue weighted by Gasteiger charge is -2.09. The maximum absolute atomic E-state index is 11.7. The number of benzene rings is 2. The molecule has 2 rings (SSSR count). The van der Waals surface area contributed by atoms with Gasteiger partial charge < -0.3 is 10.8 Å². The molecule has 0 aromatic heterocycles. The molecular weight excluding hydrogens is 262 g/mol. The van der Waals surface area contributed by atoms with E-state index in [2.05, 4.69) is 0 Å². The van der Waals surface area contributed by atoms with Gasteiger partial charge in [-0.1, -0.05) is 56.3 Å². The zero-order valence-electron chi connectivity index (χ0n) is 12.4. The highest BCUT2D eigenvalue weighted by atomic mass is 16.3. The van der Waals surface area contributed by atoms with E-state index in [1.54, 1.807) is 6.07 Å². The van der Waals surface area contributed by atoms with Crippen molar-refractivity contribution in [2.24, 2.45) is 11.7 Å². The minimum Gasteiger partial charge on any atom is -0.375 e. The summed E-state index contributed by atoms with van der Waals surface area (Å²) in [7, 11) is 0. The summed E-state index contributed by atoms with van der Waals surface area (Å²) in [6.45, 7) is 3.83. The van der Waals surface area contributed by atoms with Crippen molar-refractivity contribution < 1.29 is 9.90 Å². The number of ketones is 1. The molecule has 0 saturated carbocycles. The summed E-state index contributed by atoms with van der Waals surface area (Å²) in [6, 6.07) is 15.4. The lowest BCUT2D eigenvalue weighted by Crippen LogP contribution is -2.10. The Kier molecular flexibility index (Phi) is 4.89. The molecule has 0 aliphatic rings. The van der Waals surface area contributed by atoms with Crippen molar-refractivity contribution in [2.45, 2.75) is 26.5 Å². The maximum Gasteiger partial charge on any atom is 0.139 e. The van der Waals surface area contributed by atoms with Gasteiger partial charge in [0.15, 0.2) is 0 Å². The van der Waals surface area contributed by atoms with E-state index in [1.807, 2.05) is 56.3 Å². The number of aliphatic hydroxyl groups is 1. The topological polar surface area (TPSA) is 63.3 Å². The van der Waals surface area contributed by atoms with Crippen molar-refractivity contribution in [1.29, 1.82) is 0 Å². The predicted molar refractivity (Wildman–Crippen MR) is 84.6 cm³/mol. The molecule has 0 saturated heterocycles. The summed E-state index contributed by atoms with van der Waals surface area (Å²) < 4.78 is 0. The molecule has 3 heteroatoms. The van der Waals surface area contributed by atoms with Gasteiger partial charge in [0.05, 0.1) is 0 Å². The van der Waals surface area contributed by atoms with Gasteiger partial charge in [0.1, 0.15) is 12.0 Å².